The van der Waals surface area contributed by atoms with Crippen LogP contribution in [0.3, 0.4) is 0 Å². The highest BCUT2D eigenvalue weighted by Crippen LogP contribution is 2.39. The van der Waals surface area contributed by atoms with E-state index in [0.29, 0.717) is 18.8 Å². The number of benzene rings is 1. The minimum Gasteiger partial charge on any atom is -0.488 e. The fraction of sp³-hybridized carbons (Fsp3) is 0.391. The standard InChI is InChI=1S/C23H25N3O3/c1-25-22-18-11-5-6-12-20(18)29-15-19(22)21(24-25)23(27)26(14-17-10-7-13-28-17)16-8-3-2-4-9-16/h5-7,10-13,16H,2-4,8-9,14-15H2,1H3. The van der Waals surface area contributed by atoms with Crippen molar-refractivity contribution in [2.24, 2.45) is 7.05 Å². The summed E-state index contributed by atoms with van der Waals surface area (Å²) in [5.41, 5.74) is 3.32. The zero-order valence-electron chi connectivity index (χ0n) is 16.6. The smallest absolute Gasteiger partial charge is 0.275 e. The van der Waals surface area contributed by atoms with Crippen LogP contribution in [0.1, 0.15) is 53.9 Å². The summed E-state index contributed by atoms with van der Waals surface area (Å²) in [6, 6.07) is 11.9. The molecule has 150 valence electrons. The third-order valence-electron chi connectivity index (χ3n) is 6.04. The second-order valence-electron chi connectivity index (χ2n) is 7.89. The van der Waals surface area contributed by atoms with Gasteiger partial charge in [0.15, 0.2) is 5.69 Å². The molecule has 0 atom stereocenters. The molecule has 6 nitrogen and oxygen atoms in total. The predicted molar refractivity (Wildman–Crippen MR) is 108 cm³/mol. The highest BCUT2D eigenvalue weighted by atomic mass is 16.5. The SMILES string of the molecule is Cn1nc(C(=O)N(Cc2ccco2)C2CCCCC2)c2c1-c1ccccc1OC2. The summed E-state index contributed by atoms with van der Waals surface area (Å²) in [5, 5.41) is 4.65. The number of amides is 1. The third kappa shape index (κ3) is 3.22. The van der Waals surface area contributed by atoms with E-state index >= 15 is 0 Å². The van der Waals surface area contributed by atoms with E-state index in [1.54, 1.807) is 6.26 Å². The lowest BCUT2D eigenvalue weighted by Gasteiger charge is -2.33. The number of aryl methyl sites for hydroxylation is 1. The number of fused-ring (bicyclic) bond motifs is 3. The molecule has 0 radical (unpaired) electrons. The van der Waals surface area contributed by atoms with Crippen LogP contribution in [0.5, 0.6) is 5.75 Å². The summed E-state index contributed by atoms with van der Waals surface area (Å²) in [6.45, 7) is 0.833. The van der Waals surface area contributed by atoms with Crippen LogP contribution in [0, 0.1) is 0 Å². The van der Waals surface area contributed by atoms with Crippen LogP contribution in [0.25, 0.3) is 11.3 Å². The van der Waals surface area contributed by atoms with Gasteiger partial charge in [-0.05, 0) is 37.1 Å². The number of para-hydroxylation sites is 1. The Morgan fingerprint density at radius 1 is 1.17 bits per heavy atom. The van der Waals surface area contributed by atoms with Gasteiger partial charge in [0, 0.05) is 24.2 Å². The van der Waals surface area contributed by atoms with Crippen LogP contribution in [0.4, 0.5) is 0 Å². The van der Waals surface area contributed by atoms with E-state index in [0.717, 1.165) is 54.0 Å². The highest BCUT2D eigenvalue weighted by molar-refractivity contribution is 5.96. The molecule has 3 aromatic rings. The molecule has 0 bridgehead atoms. The number of ether oxygens (including phenoxy) is 1. The van der Waals surface area contributed by atoms with E-state index in [4.69, 9.17) is 9.15 Å². The van der Waals surface area contributed by atoms with Gasteiger partial charge in [0.25, 0.3) is 5.91 Å². The first-order valence-electron chi connectivity index (χ1n) is 10.3. The molecule has 1 aromatic carbocycles. The van der Waals surface area contributed by atoms with Gasteiger partial charge in [-0.1, -0.05) is 31.4 Å². The van der Waals surface area contributed by atoms with Gasteiger partial charge < -0.3 is 14.1 Å². The largest absolute Gasteiger partial charge is 0.488 e. The van der Waals surface area contributed by atoms with Crippen molar-refractivity contribution in [3.8, 4) is 17.0 Å². The molecule has 0 saturated heterocycles. The number of nitrogens with zero attached hydrogens (tertiary/aromatic N) is 3. The minimum atomic E-state index is -0.0341. The van der Waals surface area contributed by atoms with Gasteiger partial charge in [0.1, 0.15) is 18.1 Å². The third-order valence-corrected chi connectivity index (χ3v) is 6.04. The maximum atomic E-state index is 13.7. The maximum absolute atomic E-state index is 13.7. The fourth-order valence-corrected chi connectivity index (χ4v) is 4.62. The number of carbonyl (C=O) groups excluding carboxylic acids is 1. The zero-order chi connectivity index (χ0) is 19.8. The van der Waals surface area contributed by atoms with Crippen molar-refractivity contribution in [3.05, 3.63) is 59.7 Å². The summed E-state index contributed by atoms with van der Waals surface area (Å²) in [7, 11) is 1.90. The van der Waals surface area contributed by atoms with Crippen LogP contribution in [-0.4, -0.2) is 26.6 Å². The Morgan fingerprint density at radius 2 is 2.00 bits per heavy atom. The molecule has 1 saturated carbocycles. The van der Waals surface area contributed by atoms with Crippen LogP contribution in [0.15, 0.2) is 47.1 Å². The van der Waals surface area contributed by atoms with Gasteiger partial charge in [0.05, 0.1) is 18.5 Å². The molecule has 6 heteroatoms. The first-order valence-corrected chi connectivity index (χ1v) is 10.3. The predicted octanol–water partition coefficient (Wildman–Crippen LogP) is 4.55. The molecule has 29 heavy (non-hydrogen) atoms. The van der Waals surface area contributed by atoms with Crippen molar-refractivity contribution in [3.63, 3.8) is 0 Å². The monoisotopic (exact) mass is 391 g/mol. The number of furan rings is 1. The molecule has 3 heterocycles. The molecule has 0 spiro atoms. The van der Waals surface area contributed by atoms with Crippen molar-refractivity contribution in [2.75, 3.05) is 0 Å². The van der Waals surface area contributed by atoms with E-state index in [-0.39, 0.29) is 11.9 Å². The Kier molecular flexibility index (Phi) is 4.62. The first-order chi connectivity index (χ1) is 14.2. The lowest BCUT2D eigenvalue weighted by atomic mass is 9.93. The quantitative estimate of drug-likeness (QED) is 0.655. The number of aromatic nitrogens is 2. The average Bonchev–Trinajstić information content (AvgIpc) is 3.40. The summed E-state index contributed by atoms with van der Waals surface area (Å²) >= 11 is 0. The number of hydrogen-bond acceptors (Lipinski definition) is 4. The molecule has 1 aliphatic carbocycles. The van der Waals surface area contributed by atoms with Crippen molar-refractivity contribution in [1.82, 2.24) is 14.7 Å². The molecule has 1 fully saturated rings. The highest BCUT2D eigenvalue weighted by Gasteiger charge is 2.34. The Bertz CT molecular complexity index is 1020. The summed E-state index contributed by atoms with van der Waals surface area (Å²) < 4.78 is 13.3. The zero-order valence-corrected chi connectivity index (χ0v) is 16.6. The molecule has 2 aliphatic rings. The number of hydrogen-bond donors (Lipinski definition) is 0. The van der Waals surface area contributed by atoms with Gasteiger partial charge in [-0.3, -0.25) is 9.48 Å². The van der Waals surface area contributed by atoms with Crippen molar-refractivity contribution < 1.29 is 13.9 Å². The van der Waals surface area contributed by atoms with E-state index in [2.05, 4.69) is 5.10 Å². The summed E-state index contributed by atoms with van der Waals surface area (Å²) in [6.07, 6.45) is 7.27. The van der Waals surface area contributed by atoms with E-state index in [9.17, 15) is 4.79 Å². The maximum Gasteiger partial charge on any atom is 0.275 e. The van der Waals surface area contributed by atoms with Crippen molar-refractivity contribution >= 4 is 5.91 Å². The van der Waals surface area contributed by atoms with Crippen molar-refractivity contribution in [1.29, 1.82) is 0 Å². The molecule has 2 aromatic heterocycles. The normalized spacial score (nSPS) is 16.0. The van der Waals surface area contributed by atoms with Crippen LogP contribution >= 0.6 is 0 Å². The lowest BCUT2D eigenvalue weighted by molar-refractivity contribution is 0.0587. The number of rotatable bonds is 4. The first kappa shape index (κ1) is 18.0. The molecular weight excluding hydrogens is 366 g/mol. The van der Waals surface area contributed by atoms with Gasteiger partial charge in [-0.2, -0.15) is 5.10 Å². The van der Waals surface area contributed by atoms with Crippen LogP contribution < -0.4 is 4.74 Å². The van der Waals surface area contributed by atoms with E-state index < -0.39 is 0 Å². The van der Waals surface area contributed by atoms with E-state index in [1.165, 1.54) is 6.42 Å². The molecular formula is C23H25N3O3. The van der Waals surface area contributed by atoms with E-state index in [1.807, 2.05) is 53.0 Å². The van der Waals surface area contributed by atoms with Crippen LogP contribution in [-0.2, 0) is 20.2 Å². The minimum absolute atomic E-state index is 0.0341. The Balaban J connectivity index is 1.53. The molecule has 0 N–H and O–H groups in total. The lowest BCUT2D eigenvalue weighted by Crippen LogP contribution is -2.41. The average molecular weight is 391 g/mol. The Morgan fingerprint density at radius 3 is 2.79 bits per heavy atom. The second kappa shape index (κ2) is 7.43. The molecule has 1 aliphatic heterocycles. The fourth-order valence-electron chi connectivity index (χ4n) is 4.62. The molecule has 0 unspecified atom stereocenters. The van der Waals surface area contributed by atoms with Gasteiger partial charge in [-0.25, -0.2) is 0 Å². The van der Waals surface area contributed by atoms with Gasteiger partial charge in [0.2, 0.25) is 0 Å². The van der Waals surface area contributed by atoms with Gasteiger partial charge >= 0.3 is 0 Å². The summed E-state index contributed by atoms with van der Waals surface area (Å²) in [4.78, 5) is 15.7. The topological polar surface area (TPSA) is 60.5 Å². The second-order valence-corrected chi connectivity index (χ2v) is 7.89. The molecule has 1 amide bonds. The van der Waals surface area contributed by atoms with Crippen molar-refractivity contribution in [2.45, 2.75) is 51.3 Å². The van der Waals surface area contributed by atoms with Gasteiger partial charge in [-0.15, -0.1) is 0 Å². The Hall–Kier alpha value is -3.02. The number of carbonyl (C=O) groups is 1. The molecule has 5 rings (SSSR count). The van der Waals surface area contributed by atoms with Crippen LogP contribution in [0.2, 0.25) is 0 Å². The Labute approximate surface area is 170 Å². The summed E-state index contributed by atoms with van der Waals surface area (Å²) in [5.74, 6) is 1.60.